The molecule has 5 nitrogen and oxygen atoms in total. The molecule has 0 atom stereocenters. The van der Waals surface area contributed by atoms with Gasteiger partial charge in [0.05, 0.1) is 11.1 Å². The summed E-state index contributed by atoms with van der Waals surface area (Å²) < 4.78 is 13.6. The van der Waals surface area contributed by atoms with Gasteiger partial charge in [0, 0.05) is 37.6 Å². The van der Waals surface area contributed by atoms with Gasteiger partial charge in [-0.25, -0.2) is 4.39 Å². The normalized spacial score (nSPS) is 14.2. The monoisotopic (exact) mass is 341 g/mol. The highest BCUT2D eigenvalue weighted by Crippen LogP contribution is 2.14. The fraction of sp³-hybridized carbons (Fsp3) is 0.316. The molecule has 1 fully saturated rings. The number of likely N-dealkylation sites (tertiary alicyclic amines) is 1. The Labute approximate surface area is 145 Å². The highest BCUT2D eigenvalue weighted by atomic mass is 19.1. The Morgan fingerprint density at radius 2 is 1.80 bits per heavy atom. The summed E-state index contributed by atoms with van der Waals surface area (Å²) in [7, 11) is 0. The molecule has 2 amide bonds. The van der Waals surface area contributed by atoms with Crippen molar-refractivity contribution in [3.8, 4) is 0 Å². The molecule has 0 aliphatic carbocycles. The minimum atomic E-state index is -0.385. The van der Waals surface area contributed by atoms with Crippen LogP contribution in [0.25, 0.3) is 0 Å². The number of benzene rings is 1. The van der Waals surface area contributed by atoms with E-state index in [1.54, 1.807) is 29.2 Å². The third-order valence-corrected chi connectivity index (χ3v) is 4.29. The minimum absolute atomic E-state index is 0.0792. The van der Waals surface area contributed by atoms with Gasteiger partial charge in [-0.1, -0.05) is 18.2 Å². The Hall–Kier alpha value is -2.76. The number of carbonyl (C=O) groups is 2. The van der Waals surface area contributed by atoms with Crippen molar-refractivity contribution in [1.82, 2.24) is 15.2 Å². The number of rotatable bonds is 4. The number of nitrogens with zero attached hydrogens (tertiary/aromatic N) is 2. The number of pyridine rings is 1. The summed E-state index contributed by atoms with van der Waals surface area (Å²) in [6.07, 6.45) is 6.03. The second kappa shape index (κ2) is 7.88. The zero-order chi connectivity index (χ0) is 17.6. The van der Waals surface area contributed by atoms with Crippen molar-refractivity contribution in [2.24, 2.45) is 0 Å². The zero-order valence-electron chi connectivity index (χ0n) is 13.9. The topological polar surface area (TPSA) is 62.3 Å². The van der Waals surface area contributed by atoms with Crippen LogP contribution in [0.1, 0.15) is 45.5 Å². The first-order valence-corrected chi connectivity index (χ1v) is 8.41. The number of amides is 2. The molecule has 1 N–H and O–H groups in total. The Kier molecular flexibility index (Phi) is 5.38. The molecule has 0 unspecified atom stereocenters. The summed E-state index contributed by atoms with van der Waals surface area (Å²) in [5, 5.41) is 2.66. The van der Waals surface area contributed by atoms with E-state index >= 15 is 0 Å². The van der Waals surface area contributed by atoms with Crippen LogP contribution in [0.4, 0.5) is 4.39 Å². The van der Waals surface area contributed by atoms with Crippen molar-refractivity contribution in [2.45, 2.75) is 25.8 Å². The molecule has 1 aromatic heterocycles. The quantitative estimate of drug-likeness (QED) is 0.930. The van der Waals surface area contributed by atoms with Gasteiger partial charge in [0.2, 0.25) is 0 Å². The van der Waals surface area contributed by atoms with Gasteiger partial charge in [-0.3, -0.25) is 14.6 Å². The van der Waals surface area contributed by atoms with E-state index in [4.69, 9.17) is 0 Å². The van der Waals surface area contributed by atoms with Gasteiger partial charge in [-0.05, 0) is 31.4 Å². The Morgan fingerprint density at radius 3 is 2.56 bits per heavy atom. The Balaban J connectivity index is 1.67. The lowest BCUT2D eigenvalue weighted by atomic mass is 10.1. The fourth-order valence-electron chi connectivity index (χ4n) is 2.88. The molecule has 2 heterocycles. The van der Waals surface area contributed by atoms with Crippen molar-refractivity contribution < 1.29 is 14.0 Å². The van der Waals surface area contributed by atoms with Crippen molar-refractivity contribution in [2.75, 3.05) is 13.1 Å². The summed E-state index contributed by atoms with van der Waals surface area (Å²) in [6.45, 7) is 1.56. The van der Waals surface area contributed by atoms with Gasteiger partial charge in [-0.2, -0.15) is 0 Å². The first-order chi connectivity index (χ1) is 12.1. The van der Waals surface area contributed by atoms with E-state index in [1.807, 2.05) is 0 Å². The molecule has 2 aromatic rings. The van der Waals surface area contributed by atoms with Gasteiger partial charge in [0.25, 0.3) is 11.8 Å². The number of hydrogen-bond donors (Lipinski definition) is 1. The summed E-state index contributed by atoms with van der Waals surface area (Å²) in [5.74, 6) is -0.852. The van der Waals surface area contributed by atoms with E-state index in [2.05, 4.69) is 10.3 Å². The standard InChI is InChI=1S/C19H20FN3O2/c20-17-7-3-2-6-14(17)13-22-18(24)15-10-16(12-21-11-15)19(25)23-8-4-1-5-9-23/h2-3,6-7,10-12H,1,4-5,8-9,13H2,(H,22,24). The van der Waals surface area contributed by atoms with Crippen LogP contribution < -0.4 is 5.32 Å². The maximum absolute atomic E-state index is 13.6. The van der Waals surface area contributed by atoms with Crippen molar-refractivity contribution in [1.29, 1.82) is 0 Å². The van der Waals surface area contributed by atoms with Gasteiger partial charge in [0.1, 0.15) is 5.82 Å². The highest BCUT2D eigenvalue weighted by molar-refractivity contribution is 5.99. The van der Waals surface area contributed by atoms with Crippen LogP contribution >= 0.6 is 0 Å². The Bertz CT molecular complexity index is 773. The minimum Gasteiger partial charge on any atom is -0.348 e. The van der Waals surface area contributed by atoms with E-state index in [9.17, 15) is 14.0 Å². The van der Waals surface area contributed by atoms with E-state index < -0.39 is 0 Å². The molecule has 6 heteroatoms. The fourth-order valence-corrected chi connectivity index (χ4v) is 2.88. The number of carbonyl (C=O) groups excluding carboxylic acids is 2. The summed E-state index contributed by atoms with van der Waals surface area (Å²) >= 11 is 0. The maximum atomic E-state index is 13.6. The molecule has 1 saturated heterocycles. The predicted octanol–water partition coefficient (Wildman–Crippen LogP) is 2.78. The second-order valence-corrected chi connectivity index (χ2v) is 6.09. The summed E-state index contributed by atoms with van der Waals surface area (Å²) in [4.78, 5) is 30.6. The largest absolute Gasteiger partial charge is 0.348 e. The molecule has 1 aliphatic rings. The van der Waals surface area contributed by atoms with Gasteiger partial charge in [-0.15, -0.1) is 0 Å². The van der Waals surface area contributed by atoms with Crippen LogP contribution in [-0.2, 0) is 6.54 Å². The van der Waals surface area contributed by atoms with Crippen LogP contribution in [0.3, 0.4) is 0 Å². The molecule has 0 saturated carbocycles. The lowest BCUT2D eigenvalue weighted by Gasteiger charge is -2.26. The molecular formula is C19H20FN3O2. The number of nitrogens with one attached hydrogen (secondary N) is 1. The SMILES string of the molecule is O=C(NCc1ccccc1F)c1cncc(C(=O)N2CCCCC2)c1. The average molecular weight is 341 g/mol. The Morgan fingerprint density at radius 1 is 1.08 bits per heavy atom. The van der Waals surface area contributed by atoms with Crippen molar-refractivity contribution >= 4 is 11.8 Å². The molecule has 3 rings (SSSR count). The first-order valence-electron chi connectivity index (χ1n) is 8.41. The third-order valence-electron chi connectivity index (χ3n) is 4.29. The highest BCUT2D eigenvalue weighted by Gasteiger charge is 2.19. The van der Waals surface area contributed by atoms with Crippen LogP contribution in [0.15, 0.2) is 42.7 Å². The van der Waals surface area contributed by atoms with Crippen LogP contribution in [-0.4, -0.2) is 34.8 Å². The van der Waals surface area contributed by atoms with E-state index in [0.717, 1.165) is 32.4 Å². The van der Waals surface area contributed by atoms with E-state index in [1.165, 1.54) is 18.5 Å². The molecule has 0 spiro atoms. The molecule has 1 aliphatic heterocycles. The number of piperidine rings is 1. The molecule has 0 radical (unpaired) electrons. The molecule has 130 valence electrons. The smallest absolute Gasteiger partial charge is 0.255 e. The summed E-state index contributed by atoms with van der Waals surface area (Å²) in [6, 6.07) is 7.82. The van der Waals surface area contributed by atoms with Crippen LogP contribution in [0.2, 0.25) is 0 Å². The molecular weight excluding hydrogens is 321 g/mol. The molecule has 25 heavy (non-hydrogen) atoms. The van der Waals surface area contributed by atoms with Crippen molar-refractivity contribution in [3.05, 3.63) is 65.2 Å². The number of halogens is 1. The third kappa shape index (κ3) is 4.21. The van der Waals surface area contributed by atoms with Crippen LogP contribution in [0.5, 0.6) is 0 Å². The number of hydrogen-bond acceptors (Lipinski definition) is 3. The zero-order valence-corrected chi connectivity index (χ0v) is 13.9. The van der Waals surface area contributed by atoms with E-state index in [0.29, 0.717) is 16.7 Å². The maximum Gasteiger partial charge on any atom is 0.255 e. The predicted molar refractivity (Wildman–Crippen MR) is 91.6 cm³/mol. The van der Waals surface area contributed by atoms with Gasteiger partial charge >= 0.3 is 0 Å². The lowest BCUT2D eigenvalue weighted by Crippen LogP contribution is -2.35. The van der Waals surface area contributed by atoms with E-state index in [-0.39, 0.29) is 24.2 Å². The second-order valence-electron chi connectivity index (χ2n) is 6.09. The average Bonchev–Trinajstić information content (AvgIpc) is 2.67. The van der Waals surface area contributed by atoms with Crippen LogP contribution in [0, 0.1) is 5.82 Å². The first kappa shape index (κ1) is 17.1. The lowest BCUT2D eigenvalue weighted by molar-refractivity contribution is 0.0724. The van der Waals surface area contributed by atoms with Crippen molar-refractivity contribution in [3.63, 3.8) is 0 Å². The van der Waals surface area contributed by atoms with Gasteiger partial charge in [0.15, 0.2) is 0 Å². The number of aromatic nitrogens is 1. The summed E-state index contributed by atoms with van der Waals surface area (Å²) in [5.41, 5.74) is 1.10. The molecule has 0 bridgehead atoms. The molecule has 1 aromatic carbocycles. The van der Waals surface area contributed by atoms with Gasteiger partial charge < -0.3 is 10.2 Å².